The summed E-state index contributed by atoms with van der Waals surface area (Å²) in [7, 11) is 0. The van der Waals surface area contributed by atoms with Crippen molar-refractivity contribution in [3.05, 3.63) is 35.9 Å². The Morgan fingerprint density at radius 1 is 1.14 bits per heavy atom. The third-order valence-electron chi connectivity index (χ3n) is 2.07. The molecule has 0 bridgehead atoms. The minimum atomic E-state index is -0.394. The molecule has 0 spiro atoms. The van der Waals surface area contributed by atoms with Gasteiger partial charge in [-0.2, -0.15) is 0 Å². The number of rotatable bonds is 5. The summed E-state index contributed by atoms with van der Waals surface area (Å²) in [6, 6.07) is 9.74. The normalized spacial score (nSPS) is 13.1. The zero-order valence-electron chi connectivity index (χ0n) is 8.90. The second-order valence-corrected chi connectivity index (χ2v) is 3.98. The first-order valence-electron chi connectivity index (χ1n) is 5.14. The van der Waals surface area contributed by atoms with Crippen molar-refractivity contribution in [2.45, 2.75) is 20.0 Å². The van der Waals surface area contributed by atoms with Crippen LogP contribution >= 0.6 is 0 Å². The maximum atomic E-state index is 9.77. The molecule has 0 radical (unpaired) electrons. The second kappa shape index (κ2) is 5.78. The van der Waals surface area contributed by atoms with Gasteiger partial charge in [0.25, 0.3) is 0 Å². The van der Waals surface area contributed by atoms with Crippen LogP contribution < -0.4 is 5.32 Å². The Balaban J connectivity index is 2.32. The van der Waals surface area contributed by atoms with Crippen molar-refractivity contribution in [1.82, 2.24) is 5.32 Å². The fraction of sp³-hybridized carbons (Fsp3) is 0.500. The van der Waals surface area contributed by atoms with Gasteiger partial charge < -0.3 is 10.4 Å². The Morgan fingerprint density at radius 3 is 2.36 bits per heavy atom. The molecular formula is C12H19NO. The summed E-state index contributed by atoms with van der Waals surface area (Å²) < 4.78 is 0. The SMILES string of the molecule is CC(C)CNCC(O)c1ccccc1. The number of benzene rings is 1. The summed E-state index contributed by atoms with van der Waals surface area (Å²) in [6.45, 7) is 5.88. The van der Waals surface area contributed by atoms with E-state index in [0.29, 0.717) is 12.5 Å². The molecule has 0 aromatic heterocycles. The van der Waals surface area contributed by atoms with E-state index in [1.54, 1.807) is 0 Å². The van der Waals surface area contributed by atoms with Crippen molar-refractivity contribution >= 4 is 0 Å². The molecule has 14 heavy (non-hydrogen) atoms. The van der Waals surface area contributed by atoms with Crippen LogP contribution in [0.15, 0.2) is 30.3 Å². The highest BCUT2D eigenvalue weighted by atomic mass is 16.3. The van der Waals surface area contributed by atoms with Crippen LogP contribution in [0.25, 0.3) is 0 Å². The summed E-state index contributed by atoms with van der Waals surface area (Å²) in [6.07, 6.45) is -0.394. The smallest absolute Gasteiger partial charge is 0.0914 e. The topological polar surface area (TPSA) is 32.3 Å². The monoisotopic (exact) mass is 193 g/mol. The van der Waals surface area contributed by atoms with Crippen LogP contribution in [0.5, 0.6) is 0 Å². The van der Waals surface area contributed by atoms with Crippen LogP contribution in [0.3, 0.4) is 0 Å². The Bertz CT molecular complexity index is 246. The first-order chi connectivity index (χ1) is 6.70. The van der Waals surface area contributed by atoms with Crippen LogP contribution in [0.1, 0.15) is 25.5 Å². The predicted octanol–water partition coefficient (Wildman–Crippen LogP) is 1.97. The maximum Gasteiger partial charge on any atom is 0.0914 e. The van der Waals surface area contributed by atoms with Gasteiger partial charge in [-0.25, -0.2) is 0 Å². The van der Waals surface area contributed by atoms with Crippen molar-refractivity contribution in [1.29, 1.82) is 0 Å². The van der Waals surface area contributed by atoms with E-state index in [1.807, 2.05) is 30.3 Å². The molecule has 0 aliphatic carbocycles. The average Bonchev–Trinajstić information content (AvgIpc) is 2.18. The molecule has 2 N–H and O–H groups in total. The van der Waals surface area contributed by atoms with E-state index in [-0.39, 0.29) is 0 Å². The van der Waals surface area contributed by atoms with Gasteiger partial charge >= 0.3 is 0 Å². The van der Waals surface area contributed by atoms with Gasteiger partial charge in [-0.1, -0.05) is 44.2 Å². The van der Waals surface area contributed by atoms with Crippen molar-refractivity contribution in [2.24, 2.45) is 5.92 Å². The molecule has 0 saturated heterocycles. The molecule has 0 saturated carbocycles. The Kier molecular flexibility index (Phi) is 4.63. The van der Waals surface area contributed by atoms with Crippen LogP contribution in [-0.4, -0.2) is 18.2 Å². The van der Waals surface area contributed by atoms with E-state index < -0.39 is 6.10 Å². The van der Waals surface area contributed by atoms with Crippen LogP contribution in [0.2, 0.25) is 0 Å². The van der Waals surface area contributed by atoms with Gasteiger partial charge in [0.2, 0.25) is 0 Å². The lowest BCUT2D eigenvalue weighted by Crippen LogP contribution is -2.25. The van der Waals surface area contributed by atoms with Crippen LogP contribution in [0.4, 0.5) is 0 Å². The molecule has 78 valence electrons. The summed E-state index contributed by atoms with van der Waals surface area (Å²) in [4.78, 5) is 0. The molecule has 0 fully saturated rings. The average molecular weight is 193 g/mol. The predicted molar refractivity (Wildman–Crippen MR) is 59.1 cm³/mol. The lowest BCUT2D eigenvalue weighted by Gasteiger charge is -2.13. The molecule has 1 unspecified atom stereocenters. The minimum absolute atomic E-state index is 0.394. The third-order valence-corrected chi connectivity index (χ3v) is 2.07. The quantitative estimate of drug-likeness (QED) is 0.749. The molecule has 2 heteroatoms. The Morgan fingerprint density at radius 2 is 1.79 bits per heavy atom. The third kappa shape index (κ3) is 3.90. The van der Waals surface area contributed by atoms with Crippen molar-refractivity contribution < 1.29 is 5.11 Å². The highest BCUT2D eigenvalue weighted by molar-refractivity contribution is 5.17. The number of nitrogens with one attached hydrogen (secondary N) is 1. The van der Waals surface area contributed by atoms with Gasteiger partial charge in [0.1, 0.15) is 0 Å². The van der Waals surface area contributed by atoms with Gasteiger partial charge in [-0.3, -0.25) is 0 Å². The molecule has 0 amide bonds. The molecule has 0 heterocycles. The molecular weight excluding hydrogens is 174 g/mol. The van der Waals surface area contributed by atoms with Gasteiger partial charge in [0.15, 0.2) is 0 Å². The molecule has 0 aliphatic heterocycles. The van der Waals surface area contributed by atoms with Gasteiger partial charge in [-0.05, 0) is 18.0 Å². The molecule has 1 aromatic carbocycles. The van der Waals surface area contributed by atoms with Crippen molar-refractivity contribution in [3.8, 4) is 0 Å². The Hall–Kier alpha value is -0.860. The van der Waals surface area contributed by atoms with E-state index in [2.05, 4.69) is 19.2 Å². The van der Waals surface area contributed by atoms with Crippen molar-refractivity contribution in [3.63, 3.8) is 0 Å². The van der Waals surface area contributed by atoms with E-state index >= 15 is 0 Å². The summed E-state index contributed by atoms with van der Waals surface area (Å²) in [5.41, 5.74) is 0.976. The largest absolute Gasteiger partial charge is 0.387 e. The lowest BCUT2D eigenvalue weighted by atomic mass is 10.1. The molecule has 1 atom stereocenters. The maximum absolute atomic E-state index is 9.77. The van der Waals surface area contributed by atoms with E-state index in [0.717, 1.165) is 12.1 Å². The zero-order chi connectivity index (χ0) is 10.4. The van der Waals surface area contributed by atoms with E-state index in [1.165, 1.54) is 0 Å². The first-order valence-corrected chi connectivity index (χ1v) is 5.14. The van der Waals surface area contributed by atoms with Gasteiger partial charge in [0.05, 0.1) is 6.10 Å². The number of aliphatic hydroxyl groups is 1. The minimum Gasteiger partial charge on any atom is -0.387 e. The zero-order valence-corrected chi connectivity index (χ0v) is 8.90. The number of aliphatic hydroxyl groups excluding tert-OH is 1. The second-order valence-electron chi connectivity index (χ2n) is 3.98. The first kappa shape index (κ1) is 11.2. The highest BCUT2D eigenvalue weighted by Crippen LogP contribution is 2.10. The van der Waals surface area contributed by atoms with E-state index in [9.17, 15) is 5.11 Å². The number of hydrogen-bond acceptors (Lipinski definition) is 2. The van der Waals surface area contributed by atoms with Gasteiger partial charge in [0, 0.05) is 6.54 Å². The molecule has 1 rings (SSSR count). The van der Waals surface area contributed by atoms with Crippen LogP contribution in [-0.2, 0) is 0 Å². The van der Waals surface area contributed by atoms with E-state index in [4.69, 9.17) is 0 Å². The fourth-order valence-electron chi connectivity index (χ4n) is 1.30. The number of hydrogen-bond donors (Lipinski definition) is 2. The molecule has 2 nitrogen and oxygen atoms in total. The summed E-state index contributed by atoms with van der Waals surface area (Å²) in [5.74, 6) is 0.623. The standard InChI is InChI=1S/C12H19NO/c1-10(2)8-13-9-12(14)11-6-4-3-5-7-11/h3-7,10,12-14H,8-9H2,1-2H3. The van der Waals surface area contributed by atoms with Gasteiger partial charge in [-0.15, -0.1) is 0 Å². The summed E-state index contributed by atoms with van der Waals surface area (Å²) in [5, 5.41) is 13.0. The summed E-state index contributed by atoms with van der Waals surface area (Å²) >= 11 is 0. The van der Waals surface area contributed by atoms with Crippen molar-refractivity contribution in [2.75, 3.05) is 13.1 Å². The van der Waals surface area contributed by atoms with Crippen LogP contribution in [0, 0.1) is 5.92 Å². The molecule has 0 aliphatic rings. The highest BCUT2D eigenvalue weighted by Gasteiger charge is 2.05. The lowest BCUT2D eigenvalue weighted by molar-refractivity contribution is 0.173. The fourth-order valence-corrected chi connectivity index (χ4v) is 1.30. The molecule has 1 aromatic rings. The Labute approximate surface area is 86.0 Å².